The topological polar surface area (TPSA) is 80.8 Å². The SMILES string of the molecule is Cc1cc(C)c(NCC(=O)O)c(C)c1.O. The number of hydrogen-bond donors (Lipinski definition) is 2. The van der Waals surface area contributed by atoms with E-state index >= 15 is 0 Å². The predicted molar refractivity (Wildman–Crippen MR) is 60.4 cm³/mol. The van der Waals surface area contributed by atoms with Gasteiger partial charge in [0.1, 0.15) is 6.54 Å². The number of nitrogens with one attached hydrogen (secondary N) is 1. The molecule has 0 atom stereocenters. The van der Waals surface area contributed by atoms with E-state index in [9.17, 15) is 4.79 Å². The molecule has 0 spiro atoms. The molecule has 1 rings (SSSR count). The van der Waals surface area contributed by atoms with Gasteiger partial charge < -0.3 is 15.9 Å². The van der Waals surface area contributed by atoms with Gasteiger partial charge in [-0.05, 0) is 31.9 Å². The number of carbonyl (C=O) groups is 1. The molecule has 0 unspecified atom stereocenters. The lowest BCUT2D eigenvalue weighted by atomic mass is 10.1. The van der Waals surface area contributed by atoms with Crippen LogP contribution in [0.15, 0.2) is 12.1 Å². The molecule has 4 N–H and O–H groups in total. The summed E-state index contributed by atoms with van der Waals surface area (Å²) in [6, 6.07) is 4.08. The molecule has 0 saturated heterocycles. The minimum absolute atomic E-state index is 0. The Morgan fingerprint density at radius 1 is 1.27 bits per heavy atom. The zero-order valence-electron chi connectivity index (χ0n) is 9.22. The Hall–Kier alpha value is -1.55. The highest BCUT2D eigenvalue weighted by Gasteiger charge is 2.04. The van der Waals surface area contributed by atoms with E-state index < -0.39 is 5.97 Å². The average Bonchev–Trinajstić information content (AvgIpc) is 2.01. The number of benzene rings is 1. The number of aliphatic carboxylic acids is 1. The first-order valence-electron chi connectivity index (χ1n) is 4.54. The molecule has 4 nitrogen and oxygen atoms in total. The first kappa shape index (κ1) is 13.4. The second-order valence-corrected chi connectivity index (χ2v) is 3.52. The fraction of sp³-hybridized carbons (Fsp3) is 0.364. The molecule has 84 valence electrons. The van der Waals surface area contributed by atoms with Crippen molar-refractivity contribution in [3.05, 3.63) is 28.8 Å². The minimum atomic E-state index is -0.843. The fourth-order valence-corrected chi connectivity index (χ4v) is 1.62. The predicted octanol–water partition coefficient (Wildman–Crippen LogP) is 1.28. The van der Waals surface area contributed by atoms with Crippen LogP contribution in [0.3, 0.4) is 0 Å². The summed E-state index contributed by atoms with van der Waals surface area (Å²) in [6.07, 6.45) is 0. The summed E-state index contributed by atoms with van der Waals surface area (Å²) >= 11 is 0. The molecule has 1 aromatic rings. The van der Waals surface area contributed by atoms with E-state index in [0.717, 1.165) is 16.8 Å². The zero-order valence-corrected chi connectivity index (χ0v) is 9.22. The highest BCUT2D eigenvalue weighted by atomic mass is 16.4. The van der Waals surface area contributed by atoms with Crippen molar-refractivity contribution < 1.29 is 15.4 Å². The summed E-state index contributed by atoms with van der Waals surface area (Å²) in [4.78, 5) is 10.4. The Morgan fingerprint density at radius 2 is 1.73 bits per heavy atom. The normalized spacial score (nSPS) is 9.27. The summed E-state index contributed by atoms with van der Waals surface area (Å²) in [6.45, 7) is 5.94. The molecule has 1 aromatic carbocycles. The molecule has 0 fully saturated rings. The van der Waals surface area contributed by atoms with E-state index in [1.807, 2.05) is 32.9 Å². The second kappa shape index (κ2) is 5.36. The van der Waals surface area contributed by atoms with E-state index in [2.05, 4.69) is 5.32 Å². The smallest absolute Gasteiger partial charge is 0.322 e. The van der Waals surface area contributed by atoms with Crippen LogP contribution in [0.2, 0.25) is 0 Å². The van der Waals surface area contributed by atoms with Crippen LogP contribution in [-0.2, 0) is 4.79 Å². The Kier molecular flexibility index (Phi) is 4.81. The van der Waals surface area contributed by atoms with Gasteiger partial charge in [0.2, 0.25) is 0 Å². The van der Waals surface area contributed by atoms with Crippen LogP contribution in [0.25, 0.3) is 0 Å². The van der Waals surface area contributed by atoms with E-state index in [4.69, 9.17) is 5.11 Å². The molecule has 0 aliphatic heterocycles. The molecular weight excluding hydrogens is 194 g/mol. The fourth-order valence-electron chi connectivity index (χ4n) is 1.62. The number of carboxylic acids is 1. The molecule has 4 heteroatoms. The molecule has 15 heavy (non-hydrogen) atoms. The summed E-state index contributed by atoms with van der Waals surface area (Å²) in [5.41, 5.74) is 4.30. The number of aryl methyl sites for hydroxylation is 3. The van der Waals surface area contributed by atoms with Gasteiger partial charge in [-0.2, -0.15) is 0 Å². The molecule has 0 heterocycles. The van der Waals surface area contributed by atoms with Gasteiger partial charge in [0.25, 0.3) is 0 Å². The molecule has 0 radical (unpaired) electrons. The van der Waals surface area contributed by atoms with Crippen molar-refractivity contribution in [2.24, 2.45) is 0 Å². The van der Waals surface area contributed by atoms with Gasteiger partial charge in [0.05, 0.1) is 0 Å². The molecule has 0 aliphatic carbocycles. The monoisotopic (exact) mass is 211 g/mol. The van der Waals surface area contributed by atoms with Crippen molar-refractivity contribution in [2.45, 2.75) is 20.8 Å². The largest absolute Gasteiger partial charge is 0.480 e. The molecule has 0 aromatic heterocycles. The van der Waals surface area contributed by atoms with E-state index in [1.165, 1.54) is 5.56 Å². The van der Waals surface area contributed by atoms with Crippen LogP contribution < -0.4 is 5.32 Å². The van der Waals surface area contributed by atoms with E-state index in [-0.39, 0.29) is 12.0 Å². The van der Waals surface area contributed by atoms with E-state index in [0.29, 0.717) is 0 Å². The maximum Gasteiger partial charge on any atom is 0.322 e. The quantitative estimate of drug-likeness (QED) is 0.790. The van der Waals surface area contributed by atoms with Crippen LogP contribution in [0.5, 0.6) is 0 Å². The summed E-state index contributed by atoms with van der Waals surface area (Å²) < 4.78 is 0. The lowest BCUT2D eigenvalue weighted by Crippen LogP contribution is -2.13. The maximum absolute atomic E-state index is 10.4. The Labute approximate surface area is 89.2 Å². The lowest BCUT2D eigenvalue weighted by molar-refractivity contribution is -0.134. The first-order valence-corrected chi connectivity index (χ1v) is 4.54. The van der Waals surface area contributed by atoms with Gasteiger partial charge in [0.15, 0.2) is 0 Å². The summed E-state index contributed by atoms with van der Waals surface area (Å²) in [5, 5.41) is 11.5. The second-order valence-electron chi connectivity index (χ2n) is 3.52. The average molecular weight is 211 g/mol. The van der Waals surface area contributed by atoms with Crippen molar-refractivity contribution in [3.63, 3.8) is 0 Å². The van der Waals surface area contributed by atoms with Crippen molar-refractivity contribution in [1.82, 2.24) is 0 Å². The number of anilines is 1. The molecule has 0 saturated carbocycles. The van der Waals surface area contributed by atoms with Gasteiger partial charge in [-0.3, -0.25) is 4.79 Å². The summed E-state index contributed by atoms with van der Waals surface area (Å²) in [5.74, 6) is -0.843. The molecule has 0 amide bonds. The molecule has 0 bridgehead atoms. The number of carboxylic acid groups (broad SMARTS) is 1. The maximum atomic E-state index is 10.4. The van der Waals surface area contributed by atoms with Crippen LogP contribution in [0.1, 0.15) is 16.7 Å². The first-order chi connectivity index (χ1) is 6.50. The standard InChI is InChI=1S/C11H15NO2.H2O/c1-7-4-8(2)11(9(3)5-7)12-6-10(13)14;/h4-5,12H,6H2,1-3H3,(H,13,14);1H2. The third-order valence-electron chi connectivity index (χ3n) is 2.09. The number of hydrogen-bond acceptors (Lipinski definition) is 2. The van der Waals surface area contributed by atoms with Crippen LogP contribution in [0, 0.1) is 20.8 Å². The van der Waals surface area contributed by atoms with Gasteiger partial charge in [0, 0.05) is 5.69 Å². The molecular formula is C11H17NO3. The van der Waals surface area contributed by atoms with Gasteiger partial charge in [-0.25, -0.2) is 0 Å². The van der Waals surface area contributed by atoms with Crippen LogP contribution in [-0.4, -0.2) is 23.1 Å². The Morgan fingerprint density at radius 3 is 2.13 bits per heavy atom. The molecule has 0 aliphatic rings. The lowest BCUT2D eigenvalue weighted by Gasteiger charge is -2.11. The third kappa shape index (κ3) is 3.59. The van der Waals surface area contributed by atoms with Gasteiger partial charge in [-0.15, -0.1) is 0 Å². The minimum Gasteiger partial charge on any atom is -0.480 e. The van der Waals surface area contributed by atoms with Crippen molar-refractivity contribution in [1.29, 1.82) is 0 Å². The Bertz CT molecular complexity index is 338. The highest BCUT2D eigenvalue weighted by Crippen LogP contribution is 2.21. The highest BCUT2D eigenvalue weighted by molar-refractivity contribution is 5.74. The van der Waals surface area contributed by atoms with Gasteiger partial charge in [-0.1, -0.05) is 17.7 Å². The van der Waals surface area contributed by atoms with Crippen molar-refractivity contribution in [3.8, 4) is 0 Å². The number of rotatable bonds is 3. The van der Waals surface area contributed by atoms with Crippen LogP contribution >= 0.6 is 0 Å². The zero-order chi connectivity index (χ0) is 10.7. The van der Waals surface area contributed by atoms with Gasteiger partial charge >= 0.3 is 5.97 Å². The Balaban J connectivity index is 0.00000196. The van der Waals surface area contributed by atoms with Crippen LogP contribution in [0.4, 0.5) is 5.69 Å². The third-order valence-corrected chi connectivity index (χ3v) is 2.09. The van der Waals surface area contributed by atoms with E-state index in [1.54, 1.807) is 0 Å². The van der Waals surface area contributed by atoms with Crippen molar-refractivity contribution >= 4 is 11.7 Å². The van der Waals surface area contributed by atoms with Crippen molar-refractivity contribution in [2.75, 3.05) is 11.9 Å². The summed E-state index contributed by atoms with van der Waals surface area (Å²) in [7, 11) is 0.